The van der Waals surface area contributed by atoms with Gasteiger partial charge in [-0.15, -0.1) is 0 Å². The molecule has 0 saturated heterocycles. The summed E-state index contributed by atoms with van der Waals surface area (Å²) >= 11 is 0. The first-order valence-electron chi connectivity index (χ1n) is 8.14. The van der Waals surface area contributed by atoms with Crippen LogP contribution in [-0.4, -0.2) is 36.6 Å². The molecule has 1 aromatic heterocycles. The number of rotatable bonds is 4. The van der Waals surface area contributed by atoms with E-state index in [-0.39, 0.29) is 6.04 Å². The first kappa shape index (κ1) is 17.1. The Morgan fingerprint density at radius 2 is 2.04 bits per heavy atom. The lowest BCUT2D eigenvalue weighted by Crippen LogP contribution is -2.39. The maximum absolute atomic E-state index is 12.2. The molecule has 3 rings (SSSR count). The molecule has 0 saturated carbocycles. The molecule has 0 bridgehead atoms. The monoisotopic (exact) mass is 348 g/mol. The molecule has 130 valence electrons. The molecule has 1 aliphatic carbocycles. The maximum Gasteiger partial charge on any atom is 0.279 e. The highest BCUT2D eigenvalue weighted by molar-refractivity contribution is 7.87. The van der Waals surface area contributed by atoms with Crippen LogP contribution in [0.4, 0.5) is 0 Å². The first-order chi connectivity index (χ1) is 11.3. The third-order valence-corrected chi connectivity index (χ3v) is 6.30. The van der Waals surface area contributed by atoms with Crippen molar-refractivity contribution in [2.45, 2.75) is 39.2 Å². The topological polar surface area (TPSA) is 67.2 Å². The Hall–Kier alpha value is -1.70. The third-order valence-electron chi connectivity index (χ3n) is 4.76. The number of hydrogen-bond donors (Lipinski definition) is 1. The van der Waals surface area contributed by atoms with Gasteiger partial charge in [0, 0.05) is 25.4 Å². The predicted molar refractivity (Wildman–Crippen MR) is 94.5 cm³/mol. The number of hydrogen-bond acceptors (Lipinski definition) is 3. The number of benzene rings is 1. The van der Waals surface area contributed by atoms with Crippen molar-refractivity contribution in [1.82, 2.24) is 18.8 Å². The molecule has 1 N–H and O–H groups in total. The van der Waals surface area contributed by atoms with E-state index in [1.807, 2.05) is 10.7 Å². The minimum absolute atomic E-state index is 0.222. The van der Waals surface area contributed by atoms with Crippen molar-refractivity contribution in [3.8, 4) is 5.69 Å². The highest BCUT2D eigenvalue weighted by atomic mass is 32.2. The van der Waals surface area contributed by atoms with Gasteiger partial charge in [0.1, 0.15) is 0 Å². The second-order valence-electron chi connectivity index (χ2n) is 6.53. The molecule has 24 heavy (non-hydrogen) atoms. The lowest BCUT2D eigenvalue weighted by Gasteiger charge is -2.25. The zero-order valence-corrected chi connectivity index (χ0v) is 15.4. The van der Waals surface area contributed by atoms with Crippen LogP contribution in [0.3, 0.4) is 0 Å². The molecule has 0 aliphatic heterocycles. The number of aromatic nitrogens is 2. The Balaban J connectivity index is 2.00. The van der Waals surface area contributed by atoms with E-state index in [9.17, 15) is 8.42 Å². The van der Waals surface area contributed by atoms with Crippen molar-refractivity contribution >= 4 is 10.2 Å². The summed E-state index contributed by atoms with van der Waals surface area (Å²) in [6.07, 6.45) is 4.44. The molecule has 1 atom stereocenters. The van der Waals surface area contributed by atoms with E-state index in [1.54, 1.807) is 6.20 Å². The minimum atomic E-state index is -3.46. The largest absolute Gasteiger partial charge is 0.279 e. The van der Waals surface area contributed by atoms with E-state index in [1.165, 1.54) is 29.5 Å². The van der Waals surface area contributed by atoms with Crippen LogP contribution in [0, 0.1) is 13.8 Å². The van der Waals surface area contributed by atoms with Crippen LogP contribution in [0.2, 0.25) is 0 Å². The van der Waals surface area contributed by atoms with Crippen LogP contribution in [0.25, 0.3) is 5.69 Å². The molecular formula is C17H24N4O2S. The second-order valence-corrected chi connectivity index (χ2v) is 8.44. The molecule has 0 spiro atoms. The van der Waals surface area contributed by atoms with Crippen molar-refractivity contribution in [3.05, 3.63) is 46.8 Å². The van der Waals surface area contributed by atoms with E-state index >= 15 is 0 Å². The first-order valence-corrected chi connectivity index (χ1v) is 9.58. The number of fused-ring (bicyclic) bond motifs is 1. The summed E-state index contributed by atoms with van der Waals surface area (Å²) in [5, 5.41) is 4.56. The quantitative estimate of drug-likeness (QED) is 0.922. The second kappa shape index (κ2) is 6.31. The Morgan fingerprint density at radius 1 is 1.29 bits per heavy atom. The fourth-order valence-electron chi connectivity index (χ4n) is 3.14. The number of aryl methyl sites for hydroxylation is 1. The van der Waals surface area contributed by atoms with Crippen molar-refractivity contribution in [2.24, 2.45) is 0 Å². The highest BCUT2D eigenvalue weighted by Crippen LogP contribution is 2.32. The standard InChI is InChI=1S/C17H24N4O2S/c1-12-7-5-9-16(13(12)2)21-17-10-6-8-15(14(17)11-18-21)19-24(22,23)20(3)4/h5,7,9,11,15,19H,6,8,10H2,1-4H3. The zero-order valence-electron chi connectivity index (χ0n) is 14.6. The van der Waals surface area contributed by atoms with Gasteiger partial charge in [0.2, 0.25) is 0 Å². The smallest absolute Gasteiger partial charge is 0.237 e. The van der Waals surface area contributed by atoms with E-state index in [4.69, 9.17) is 0 Å². The van der Waals surface area contributed by atoms with Gasteiger partial charge in [0.15, 0.2) is 0 Å². The van der Waals surface area contributed by atoms with Crippen LogP contribution in [0.5, 0.6) is 0 Å². The molecular weight excluding hydrogens is 324 g/mol. The fraction of sp³-hybridized carbons (Fsp3) is 0.471. The van der Waals surface area contributed by atoms with E-state index in [0.717, 1.165) is 36.2 Å². The molecule has 1 aliphatic rings. The molecule has 1 heterocycles. The third kappa shape index (κ3) is 2.99. The summed E-state index contributed by atoms with van der Waals surface area (Å²) in [7, 11) is -0.398. The van der Waals surface area contributed by atoms with Crippen LogP contribution in [0.15, 0.2) is 24.4 Å². The van der Waals surface area contributed by atoms with Crippen molar-refractivity contribution in [2.75, 3.05) is 14.1 Å². The van der Waals surface area contributed by atoms with Crippen LogP contribution < -0.4 is 4.72 Å². The van der Waals surface area contributed by atoms with Gasteiger partial charge in [-0.3, -0.25) is 0 Å². The molecule has 0 radical (unpaired) electrons. The average Bonchev–Trinajstić information content (AvgIpc) is 2.94. The van der Waals surface area contributed by atoms with Crippen LogP contribution in [-0.2, 0) is 16.6 Å². The van der Waals surface area contributed by atoms with E-state index in [0.29, 0.717) is 0 Å². The van der Waals surface area contributed by atoms with Crippen LogP contribution >= 0.6 is 0 Å². The molecule has 2 aromatic rings. The Bertz CT molecular complexity index is 855. The molecule has 0 fully saturated rings. The van der Waals surface area contributed by atoms with Crippen LogP contribution in [0.1, 0.15) is 41.3 Å². The summed E-state index contributed by atoms with van der Waals surface area (Å²) in [5.74, 6) is 0. The lowest BCUT2D eigenvalue weighted by molar-refractivity contribution is 0.463. The summed E-state index contributed by atoms with van der Waals surface area (Å²) in [6.45, 7) is 4.18. The van der Waals surface area contributed by atoms with Gasteiger partial charge in [0.05, 0.1) is 17.9 Å². The zero-order chi connectivity index (χ0) is 17.5. The Labute approximate surface area is 143 Å². The molecule has 1 unspecified atom stereocenters. The SMILES string of the molecule is Cc1cccc(-n2ncc3c2CCCC3NS(=O)(=O)N(C)C)c1C. The predicted octanol–water partition coefficient (Wildman–Crippen LogP) is 2.26. The van der Waals surface area contributed by atoms with E-state index < -0.39 is 10.2 Å². The van der Waals surface area contributed by atoms with Gasteiger partial charge in [0.25, 0.3) is 10.2 Å². The van der Waals surface area contributed by atoms with Gasteiger partial charge in [-0.2, -0.15) is 22.5 Å². The lowest BCUT2D eigenvalue weighted by atomic mass is 9.93. The Kier molecular flexibility index (Phi) is 4.50. The molecule has 6 nitrogen and oxygen atoms in total. The summed E-state index contributed by atoms with van der Waals surface area (Å²) < 4.78 is 30.3. The summed E-state index contributed by atoms with van der Waals surface area (Å²) in [4.78, 5) is 0. The molecule has 7 heteroatoms. The van der Waals surface area contributed by atoms with Crippen molar-refractivity contribution in [3.63, 3.8) is 0 Å². The highest BCUT2D eigenvalue weighted by Gasteiger charge is 2.29. The van der Waals surface area contributed by atoms with E-state index in [2.05, 4.69) is 35.8 Å². The number of nitrogens with zero attached hydrogens (tertiary/aromatic N) is 3. The normalized spacial score (nSPS) is 18.0. The van der Waals surface area contributed by atoms with Gasteiger partial charge in [-0.05, 0) is 50.3 Å². The molecule has 0 amide bonds. The van der Waals surface area contributed by atoms with Crippen molar-refractivity contribution < 1.29 is 8.42 Å². The van der Waals surface area contributed by atoms with Gasteiger partial charge >= 0.3 is 0 Å². The minimum Gasteiger partial charge on any atom is -0.237 e. The van der Waals surface area contributed by atoms with Crippen molar-refractivity contribution in [1.29, 1.82) is 0 Å². The fourth-order valence-corrected chi connectivity index (χ4v) is 3.95. The van der Waals surface area contributed by atoms with Gasteiger partial charge < -0.3 is 0 Å². The summed E-state index contributed by atoms with van der Waals surface area (Å²) in [6, 6.07) is 5.95. The average molecular weight is 348 g/mol. The maximum atomic E-state index is 12.2. The summed E-state index contributed by atoms with van der Waals surface area (Å²) in [5.41, 5.74) is 5.55. The number of nitrogens with one attached hydrogen (secondary N) is 1. The molecule has 1 aromatic carbocycles. The van der Waals surface area contributed by atoms with Gasteiger partial charge in [-0.1, -0.05) is 12.1 Å². The van der Waals surface area contributed by atoms with Gasteiger partial charge in [-0.25, -0.2) is 4.68 Å². The Morgan fingerprint density at radius 3 is 2.75 bits per heavy atom.